The average Bonchev–Trinajstić information content (AvgIpc) is 2.60. The Morgan fingerprint density at radius 2 is 1.71 bits per heavy atom. The van der Waals surface area contributed by atoms with Crippen LogP contribution in [0.4, 0.5) is 0 Å². The Morgan fingerprint density at radius 1 is 1.08 bits per heavy atom. The van der Waals surface area contributed by atoms with Gasteiger partial charge in [0.1, 0.15) is 0 Å². The Labute approximate surface area is 144 Å². The molecule has 0 spiro atoms. The van der Waals surface area contributed by atoms with Crippen LogP contribution < -0.4 is 0 Å². The van der Waals surface area contributed by atoms with Crippen LogP contribution in [0, 0.1) is 6.92 Å². The smallest absolute Gasteiger partial charge is 0.223 e. The van der Waals surface area contributed by atoms with Crippen LogP contribution in [-0.2, 0) is 9.53 Å². The quantitative estimate of drug-likeness (QED) is 0.718. The third-order valence-electron chi connectivity index (χ3n) is 4.64. The monoisotopic (exact) mass is 332 g/mol. The number of carbonyl (C=O) groups excluding carboxylic acids is 2. The summed E-state index contributed by atoms with van der Waals surface area (Å²) in [5, 5.41) is 0. The second-order valence-electron chi connectivity index (χ2n) is 6.51. The number of aryl methyl sites for hydroxylation is 1. The molecule has 1 atom stereocenters. The fourth-order valence-electron chi connectivity index (χ4n) is 3.02. The van der Waals surface area contributed by atoms with E-state index in [9.17, 15) is 9.59 Å². The molecule has 5 heteroatoms. The van der Waals surface area contributed by atoms with Crippen LogP contribution in [-0.4, -0.2) is 67.4 Å². The molecule has 24 heavy (non-hydrogen) atoms. The lowest BCUT2D eigenvalue weighted by molar-refractivity contribution is -0.133. The molecule has 0 N–H and O–H groups in total. The van der Waals surface area contributed by atoms with E-state index in [1.165, 1.54) is 0 Å². The highest BCUT2D eigenvalue weighted by molar-refractivity contribution is 5.97. The minimum absolute atomic E-state index is 0.0377. The minimum atomic E-state index is 0.0377. The first-order valence-electron chi connectivity index (χ1n) is 8.62. The molecule has 0 aromatic heterocycles. The third kappa shape index (κ3) is 5.14. The maximum Gasteiger partial charge on any atom is 0.223 e. The molecule has 0 bridgehead atoms. The van der Waals surface area contributed by atoms with E-state index in [1.807, 2.05) is 36.1 Å². The van der Waals surface area contributed by atoms with E-state index < -0.39 is 0 Å². The summed E-state index contributed by atoms with van der Waals surface area (Å²) in [6.07, 6.45) is 0.572. The molecule has 1 aliphatic rings. The van der Waals surface area contributed by atoms with Gasteiger partial charge in [-0.05, 0) is 13.8 Å². The molecule has 5 nitrogen and oxygen atoms in total. The zero-order valence-corrected chi connectivity index (χ0v) is 15.0. The minimum Gasteiger partial charge on any atom is -0.383 e. The fourth-order valence-corrected chi connectivity index (χ4v) is 3.02. The third-order valence-corrected chi connectivity index (χ3v) is 4.64. The van der Waals surface area contributed by atoms with Gasteiger partial charge in [0.2, 0.25) is 5.91 Å². The summed E-state index contributed by atoms with van der Waals surface area (Å²) in [7, 11) is 1.71. The Bertz CT molecular complexity index is 548. The summed E-state index contributed by atoms with van der Waals surface area (Å²) in [4.78, 5) is 28.7. The van der Waals surface area contributed by atoms with Gasteiger partial charge in [-0.15, -0.1) is 0 Å². The molecule has 0 saturated carbocycles. The van der Waals surface area contributed by atoms with Crippen LogP contribution in [0.25, 0.3) is 0 Å². The highest BCUT2D eigenvalue weighted by atomic mass is 16.5. The number of ketones is 1. The maximum atomic E-state index is 12.3. The molecule has 0 radical (unpaired) electrons. The number of nitrogens with zero attached hydrogens (tertiary/aromatic N) is 2. The lowest BCUT2D eigenvalue weighted by Gasteiger charge is -2.37. The van der Waals surface area contributed by atoms with E-state index in [4.69, 9.17) is 4.74 Å². The first kappa shape index (κ1) is 18.6. The van der Waals surface area contributed by atoms with Gasteiger partial charge in [-0.2, -0.15) is 0 Å². The first-order chi connectivity index (χ1) is 11.5. The lowest BCUT2D eigenvalue weighted by atomic mass is 10.0. The highest BCUT2D eigenvalue weighted by Gasteiger charge is 2.24. The molecule has 1 unspecified atom stereocenters. The summed E-state index contributed by atoms with van der Waals surface area (Å²) in [5.41, 5.74) is 1.81. The van der Waals surface area contributed by atoms with E-state index in [-0.39, 0.29) is 18.1 Å². The molecular weight excluding hydrogens is 304 g/mol. The summed E-state index contributed by atoms with van der Waals surface area (Å²) >= 11 is 0. The number of benzene rings is 1. The number of methoxy groups -OCH3 is 1. The number of piperazine rings is 1. The number of amides is 1. The van der Waals surface area contributed by atoms with Crippen molar-refractivity contribution in [2.24, 2.45) is 0 Å². The van der Waals surface area contributed by atoms with Crippen LogP contribution in [0.3, 0.4) is 0 Å². The fraction of sp³-hybridized carbons (Fsp3) is 0.579. The van der Waals surface area contributed by atoms with Gasteiger partial charge in [0.15, 0.2) is 5.78 Å². The Hall–Kier alpha value is -1.72. The molecule has 132 valence electrons. The SMILES string of the molecule is COCC(C)N1CCN(C(=O)CCC(=O)c2ccc(C)cc2)CC1. The molecule has 1 fully saturated rings. The van der Waals surface area contributed by atoms with Gasteiger partial charge in [0, 0.05) is 57.7 Å². The summed E-state index contributed by atoms with van der Waals surface area (Å²) in [6, 6.07) is 7.89. The topological polar surface area (TPSA) is 49.9 Å². The van der Waals surface area contributed by atoms with Crippen molar-refractivity contribution in [2.75, 3.05) is 39.9 Å². The number of Topliss-reactive ketones (excluding diaryl/α,β-unsaturated/α-hetero) is 1. The molecule has 1 heterocycles. The van der Waals surface area contributed by atoms with E-state index in [0.29, 0.717) is 24.6 Å². The Morgan fingerprint density at radius 3 is 2.29 bits per heavy atom. The van der Waals surface area contributed by atoms with Gasteiger partial charge in [0.25, 0.3) is 0 Å². The van der Waals surface area contributed by atoms with Crippen molar-refractivity contribution < 1.29 is 14.3 Å². The lowest BCUT2D eigenvalue weighted by Crippen LogP contribution is -2.52. The van der Waals surface area contributed by atoms with Crippen molar-refractivity contribution in [3.8, 4) is 0 Å². The van der Waals surface area contributed by atoms with E-state index in [1.54, 1.807) is 7.11 Å². The first-order valence-corrected chi connectivity index (χ1v) is 8.62. The number of carbonyl (C=O) groups is 2. The van der Waals surface area contributed by atoms with Crippen LogP contribution >= 0.6 is 0 Å². The molecule has 1 aromatic rings. The van der Waals surface area contributed by atoms with Gasteiger partial charge in [0.05, 0.1) is 6.61 Å². The Balaban J connectivity index is 1.75. The number of rotatable bonds is 7. The normalized spacial score (nSPS) is 16.9. The predicted molar refractivity (Wildman–Crippen MR) is 94.2 cm³/mol. The second kappa shape index (κ2) is 8.94. The van der Waals surface area contributed by atoms with Gasteiger partial charge < -0.3 is 9.64 Å². The number of hydrogen-bond donors (Lipinski definition) is 0. The number of ether oxygens (including phenoxy) is 1. The Kier molecular flexibility index (Phi) is 6.94. The van der Waals surface area contributed by atoms with Crippen LogP contribution in [0.15, 0.2) is 24.3 Å². The van der Waals surface area contributed by atoms with Crippen molar-refractivity contribution >= 4 is 11.7 Å². The summed E-state index contributed by atoms with van der Waals surface area (Å²) in [6.45, 7) is 8.02. The molecule has 0 aliphatic carbocycles. The van der Waals surface area contributed by atoms with Crippen molar-refractivity contribution in [1.82, 2.24) is 9.80 Å². The molecule has 1 aromatic carbocycles. The van der Waals surface area contributed by atoms with E-state index in [0.717, 1.165) is 31.7 Å². The zero-order chi connectivity index (χ0) is 17.5. The summed E-state index contributed by atoms with van der Waals surface area (Å²) < 4.78 is 5.19. The second-order valence-corrected chi connectivity index (χ2v) is 6.51. The summed E-state index contributed by atoms with van der Waals surface area (Å²) in [5.74, 6) is 0.116. The molecule has 1 saturated heterocycles. The van der Waals surface area contributed by atoms with Crippen LogP contribution in [0.1, 0.15) is 35.7 Å². The zero-order valence-electron chi connectivity index (χ0n) is 15.0. The van der Waals surface area contributed by atoms with Crippen molar-refractivity contribution in [1.29, 1.82) is 0 Å². The van der Waals surface area contributed by atoms with Crippen molar-refractivity contribution in [3.63, 3.8) is 0 Å². The van der Waals surface area contributed by atoms with Gasteiger partial charge >= 0.3 is 0 Å². The maximum absolute atomic E-state index is 12.3. The van der Waals surface area contributed by atoms with E-state index >= 15 is 0 Å². The van der Waals surface area contributed by atoms with Crippen molar-refractivity contribution in [3.05, 3.63) is 35.4 Å². The number of hydrogen-bond acceptors (Lipinski definition) is 4. The van der Waals surface area contributed by atoms with Crippen molar-refractivity contribution in [2.45, 2.75) is 32.7 Å². The largest absolute Gasteiger partial charge is 0.383 e. The molecule has 1 amide bonds. The van der Waals surface area contributed by atoms with Gasteiger partial charge in [-0.3, -0.25) is 14.5 Å². The standard InChI is InChI=1S/C19H28N2O3/c1-15-4-6-17(7-5-15)18(22)8-9-19(23)21-12-10-20(11-13-21)16(2)14-24-3/h4-7,16H,8-14H2,1-3H3. The van der Waals surface area contributed by atoms with Gasteiger partial charge in [-0.25, -0.2) is 0 Å². The molecule has 2 rings (SSSR count). The van der Waals surface area contributed by atoms with Crippen LogP contribution in [0.2, 0.25) is 0 Å². The van der Waals surface area contributed by atoms with E-state index in [2.05, 4.69) is 11.8 Å². The predicted octanol–water partition coefficient (Wildman–Crippen LogP) is 2.14. The van der Waals surface area contributed by atoms with Crippen LogP contribution in [0.5, 0.6) is 0 Å². The average molecular weight is 332 g/mol. The highest BCUT2D eigenvalue weighted by Crippen LogP contribution is 2.11. The molecule has 1 aliphatic heterocycles. The van der Waals surface area contributed by atoms with Gasteiger partial charge in [-0.1, -0.05) is 29.8 Å². The molecular formula is C19H28N2O3.